The Morgan fingerprint density at radius 1 is 1.62 bits per heavy atom. The van der Waals surface area contributed by atoms with E-state index < -0.39 is 0 Å². The smallest absolute Gasteiger partial charge is 0.117 e. The van der Waals surface area contributed by atoms with Crippen molar-refractivity contribution in [1.82, 2.24) is 0 Å². The number of hydrogen-bond donors (Lipinski definition) is 0. The molecule has 2 heterocycles. The molecule has 2 heteroatoms. The summed E-state index contributed by atoms with van der Waals surface area (Å²) >= 11 is 1.71. The van der Waals surface area contributed by atoms with Crippen LogP contribution in [0.4, 0.5) is 0 Å². The van der Waals surface area contributed by atoms with Crippen LogP contribution in [0.2, 0.25) is 0 Å². The Bertz CT molecular complexity index is 268. The first-order valence-corrected chi connectivity index (χ1v) is 3.43. The molecule has 1 nitrogen and oxygen atoms in total. The van der Waals surface area contributed by atoms with Gasteiger partial charge in [0.1, 0.15) is 4.67 Å². The monoisotopic (exact) mass is 123 g/mol. The van der Waals surface area contributed by atoms with Crippen LogP contribution in [-0.4, -0.2) is 6.54 Å². The standard InChI is InChI=1S/C6H5NS/c1-3-7-6-5(1)2-4-8-6/h1-2,4H,3H2. The van der Waals surface area contributed by atoms with Gasteiger partial charge in [-0.15, -0.1) is 11.3 Å². The molecule has 1 aromatic heterocycles. The molecule has 1 aliphatic rings. The van der Waals surface area contributed by atoms with Gasteiger partial charge in [-0.3, -0.25) is 4.99 Å². The molecule has 0 atom stereocenters. The fourth-order valence-corrected chi connectivity index (χ4v) is 1.60. The topological polar surface area (TPSA) is 12.4 Å². The Kier molecular flexibility index (Phi) is 0.758. The van der Waals surface area contributed by atoms with Crippen LogP contribution >= 0.6 is 11.3 Å². The highest BCUT2D eigenvalue weighted by Crippen LogP contribution is 1.85. The van der Waals surface area contributed by atoms with Gasteiger partial charge < -0.3 is 0 Å². The summed E-state index contributed by atoms with van der Waals surface area (Å²) in [7, 11) is 0. The van der Waals surface area contributed by atoms with Gasteiger partial charge in [-0.25, -0.2) is 0 Å². The van der Waals surface area contributed by atoms with Gasteiger partial charge in [-0.05, 0) is 11.4 Å². The van der Waals surface area contributed by atoms with E-state index in [4.69, 9.17) is 0 Å². The molecule has 2 rings (SSSR count). The zero-order valence-corrected chi connectivity index (χ0v) is 5.11. The van der Waals surface area contributed by atoms with E-state index in [0.717, 1.165) is 6.54 Å². The molecular weight excluding hydrogens is 118 g/mol. The Labute approximate surface area is 51.0 Å². The first-order chi connectivity index (χ1) is 3.97. The van der Waals surface area contributed by atoms with Crippen LogP contribution in [0, 0.1) is 0 Å². The predicted molar refractivity (Wildman–Crippen MR) is 34.4 cm³/mol. The van der Waals surface area contributed by atoms with Crippen LogP contribution in [-0.2, 0) is 0 Å². The highest BCUT2D eigenvalue weighted by Gasteiger charge is 1.91. The van der Waals surface area contributed by atoms with Crippen molar-refractivity contribution >= 4 is 17.4 Å². The van der Waals surface area contributed by atoms with E-state index in [2.05, 4.69) is 22.5 Å². The third-order valence-corrected chi connectivity index (χ3v) is 2.08. The lowest BCUT2D eigenvalue weighted by molar-refractivity contribution is 1.26. The van der Waals surface area contributed by atoms with Crippen molar-refractivity contribution < 1.29 is 0 Å². The first kappa shape index (κ1) is 4.27. The van der Waals surface area contributed by atoms with Gasteiger partial charge in [-0.1, -0.05) is 6.08 Å². The molecule has 0 spiro atoms. The summed E-state index contributed by atoms with van der Waals surface area (Å²) in [5.41, 5.74) is 0. The molecular formula is C6H5NS. The van der Waals surface area contributed by atoms with Crippen molar-refractivity contribution in [2.75, 3.05) is 6.54 Å². The summed E-state index contributed by atoms with van der Waals surface area (Å²) in [4.78, 5) is 4.22. The molecule has 0 radical (unpaired) electrons. The molecule has 0 N–H and O–H groups in total. The van der Waals surface area contributed by atoms with Crippen LogP contribution in [0.15, 0.2) is 16.4 Å². The van der Waals surface area contributed by atoms with Crippen LogP contribution in [0.3, 0.4) is 0 Å². The maximum absolute atomic E-state index is 4.22. The molecule has 1 aliphatic heterocycles. The van der Waals surface area contributed by atoms with Gasteiger partial charge in [0, 0.05) is 5.22 Å². The Morgan fingerprint density at radius 3 is 3.50 bits per heavy atom. The van der Waals surface area contributed by atoms with Crippen molar-refractivity contribution in [2.24, 2.45) is 4.99 Å². The summed E-state index contributed by atoms with van der Waals surface area (Å²) in [6.45, 7) is 0.891. The van der Waals surface area contributed by atoms with E-state index in [1.807, 2.05) is 0 Å². The van der Waals surface area contributed by atoms with Gasteiger partial charge in [0.05, 0.1) is 6.54 Å². The minimum atomic E-state index is 0.891. The Balaban J connectivity index is 3.08. The maximum atomic E-state index is 4.22. The minimum Gasteiger partial charge on any atom is -0.270 e. The van der Waals surface area contributed by atoms with E-state index in [0.29, 0.717) is 0 Å². The molecule has 0 aromatic carbocycles. The zero-order valence-electron chi connectivity index (χ0n) is 4.29. The third-order valence-electron chi connectivity index (χ3n) is 1.22. The highest BCUT2D eigenvalue weighted by atomic mass is 32.1. The largest absolute Gasteiger partial charge is 0.270 e. The van der Waals surface area contributed by atoms with Crippen molar-refractivity contribution in [3.8, 4) is 0 Å². The summed E-state index contributed by atoms with van der Waals surface area (Å²) < 4.78 is 1.20. The molecule has 0 fully saturated rings. The average molecular weight is 123 g/mol. The van der Waals surface area contributed by atoms with Crippen LogP contribution in [0.5, 0.6) is 0 Å². The molecule has 1 aromatic rings. The maximum Gasteiger partial charge on any atom is 0.117 e. The number of fused-ring (bicyclic) bond motifs is 1. The second kappa shape index (κ2) is 1.42. The van der Waals surface area contributed by atoms with Gasteiger partial charge in [-0.2, -0.15) is 0 Å². The van der Waals surface area contributed by atoms with E-state index in [1.54, 1.807) is 11.3 Å². The zero-order chi connectivity index (χ0) is 5.40. The lowest BCUT2D eigenvalue weighted by atomic mass is 10.4. The summed E-state index contributed by atoms with van der Waals surface area (Å²) in [5.74, 6) is 0. The predicted octanol–water partition coefficient (Wildman–Crippen LogP) is 0.162. The van der Waals surface area contributed by atoms with Crippen LogP contribution < -0.4 is 9.89 Å². The third kappa shape index (κ3) is 0.434. The van der Waals surface area contributed by atoms with Gasteiger partial charge >= 0.3 is 0 Å². The normalized spacial score (nSPS) is 14.5. The van der Waals surface area contributed by atoms with Gasteiger partial charge in [0.15, 0.2) is 0 Å². The molecule has 0 aliphatic carbocycles. The van der Waals surface area contributed by atoms with Crippen LogP contribution in [0.25, 0.3) is 6.08 Å². The second-order valence-electron chi connectivity index (χ2n) is 1.73. The van der Waals surface area contributed by atoms with E-state index >= 15 is 0 Å². The molecule has 40 valence electrons. The summed E-state index contributed by atoms with van der Waals surface area (Å²) in [6, 6.07) is 2.11. The van der Waals surface area contributed by atoms with E-state index in [1.165, 1.54) is 9.89 Å². The molecule has 0 saturated heterocycles. The van der Waals surface area contributed by atoms with Crippen molar-refractivity contribution in [3.05, 3.63) is 21.3 Å². The molecule has 0 amide bonds. The quantitative estimate of drug-likeness (QED) is 0.466. The summed E-state index contributed by atoms with van der Waals surface area (Å²) in [6.07, 6.45) is 2.14. The Hall–Kier alpha value is -0.630. The van der Waals surface area contributed by atoms with Gasteiger partial charge in [0.25, 0.3) is 0 Å². The number of rotatable bonds is 0. The highest BCUT2D eigenvalue weighted by molar-refractivity contribution is 7.07. The molecule has 0 unspecified atom stereocenters. The van der Waals surface area contributed by atoms with Gasteiger partial charge in [0.2, 0.25) is 0 Å². The minimum absolute atomic E-state index is 0.891. The fourth-order valence-electron chi connectivity index (χ4n) is 0.822. The number of thiophene rings is 1. The van der Waals surface area contributed by atoms with E-state index in [-0.39, 0.29) is 0 Å². The van der Waals surface area contributed by atoms with Crippen molar-refractivity contribution in [3.63, 3.8) is 0 Å². The second-order valence-corrected chi connectivity index (χ2v) is 2.62. The average Bonchev–Trinajstić information content (AvgIpc) is 2.15. The SMILES string of the molecule is C1=c2ccsc2=NC1. The molecule has 0 saturated carbocycles. The number of hydrogen-bond acceptors (Lipinski definition) is 2. The van der Waals surface area contributed by atoms with Crippen LogP contribution in [0.1, 0.15) is 0 Å². The first-order valence-electron chi connectivity index (χ1n) is 2.55. The number of nitrogens with zero attached hydrogens (tertiary/aromatic N) is 1. The summed E-state index contributed by atoms with van der Waals surface area (Å²) in [5, 5.41) is 3.39. The van der Waals surface area contributed by atoms with Crippen molar-refractivity contribution in [1.29, 1.82) is 0 Å². The lowest BCUT2D eigenvalue weighted by Crippen LogP contribution is -2.12. The fraction of sp³-hybridized carbons (Fsp3) is 0.167. The molecule has 8 heavy (non-hydrogen) atoms. The van der Waals surface area contributed by atoms with Crippen molar-refractivity contribution in [2.45, 2.75) is 0 Å². The Morgan fingerprint density at radius 2 is 2.62 bits per heavy atom. The van der Waals surface area contributed by atoms with E-state index in [9.17, 15) is 0 Å². The molecule has 0 bridgehead atoms. The lowest BCUT2D eigenvalue weighted by Gasteiger charge is -1.65.